The number of hydrogen-bond acceptors (Lipinski definition) is 3. The molecule has 0 aromatic heterocycles. The summed E-state index contributed by atoms with van der Waals surface area (Å²) in [4.78, 5) is 0. The van der Waals surface area contributed by atoms with Crippen LogP contribution in [0.25, 0.3) is 0 Å². The largest absolute Gasteiger partial charge is 0.508 e. The van der Waals surface area contributed by atoms with Crippen LogP contribution in [0.15, 0.2) is 23.3 Å². The lowest BCUT2D eigenvalue weighted by molar-refractivity contribution is 0.469. The Kier molecular flexibility index (Phi) is 1.62. The van der Waals surface area contributed by atoms with Crippen molar-refractivity contribution in [2.45, 2.75) is 0 Å². The van der Waals surface area contributed by atoms with Crippen LogP contribution in [0.5, 0.6) is 5.75 Å². The molecule has 0 amide bonds. The summed E-state index contributed by atoms with van der Waals surface area (Å²) < 4.78 is 12.5. The van der Waals surface area contributed by atoms with Gasteiger partial charge in [0.15, 0.2) is 5.82 Å². The topological polar surface area (TPSA) is 56.4 Å². The summed E-state index contributed by atoms with van der Waals surface area (Å²) >= 11 is 0. The summed E-state index contributed by atoms with van der Waals surface area (Å²) in [5.74, 6) is -0.847. The smallest absolute Gasteiger partial charge is 0.154 e. The van der Waals surface area contributed by atoms with E-state index in [4.69, 9.17) is 10.6 Å². The number of halogens is 1. The number of benzene rings is 1. The minimum atomic E-state index is -0.685. The molecule has 0 aliphatic rings. The Morgan fingerprint density at radius 3 is 2.70 bits per heavy atom. The third-order valence-corrected chi connectivity index (χ3v) is 1.05. The third-order valence-electron chi connectivity index (χ3n) is 1.05. The highest BCUT2D eigenvalue weighted by Gasteiger charge is 1.99. The van der Waals surface area contributed by atoms with E-state index < -0.39 is 5.82 Å². The molecule has 1 aromatic rings. The van der Waals surface area contributed by atoms with Gasteiger partial charge in [-0.15, -0.1) is 0 Å². The molecule has 0 atom stereocenters. The van der Waals surface area contributed by atoms with Crippen LogP contribution in [-0.2, 0) is 0 Å². The molecule has 4 heteroatoms. The summed E-state index contributed by atoms with van der Waals surface area (Å²) in [6.07, 6.45) is 0. The highest BCUT2D eigenvalue weighted by molar-refractivity contribution is 5.41. The van der Waals surface area contributed by atoms with Crippen molar-refractivity contribution in [1.82, 2.24) is 0 Å². The van der Waals surface area contributed by atoms with Gasteiger partial charge in [0.1, 0.15) is 11.4 Å². The molecule has 1 rings (SSSR count). The zero-order chi connectivity index (χ0) is 7.56. The van der Waals surface area contributed by atoms with Crippen molar-refractivity contribution < 1.29 is 9.50 Å². The highest BCUT2D eigenvalue weighted by Crippen LogP contribution is 2.21. The molecule has 0 saturated carbocycles. The van der Waals surface area contributed by atoms with Gasteiger partial charge in [0.05, 0.1) is 0 Å². The fourth-order valence-electron chi connectivity index (χ4n) is 0.586. The molecule has 3 nitrogen and oxygen atoms in total. The maximum atomic E-state index is 12.5. The fraction of sp³-hybridized carbons (Fsp3) is 0. The van der Waals surface area contributed by atoms with E-state index in [1.165, 1.54) is 12.1 Å². The molecule has 1 aromatic carbocycles. The Labute approximate surface area is 56.6 Å². The first-order valence-corrected chi connectivity index (χ1v) is 2.60. The van der Waals surface area contributed by atoms with Crippen LogP contribution in [0, 0.1) is 11.3 Å². The SMILES string of the molecule is N=Nc1ccc(O)cc1F. The number of nitrogens with one attached hydrogen (secondary N) is 1. The second-order valence-corrected chi connectivity index (χ2v) is 1.75. The molecular formula is C6H5FN2O. The van der Waals surface area contributed by atoms with Gasteiger partial charge in [-0.05, 0) is 12.1 Å². The maximum Gasteiger partial charge on any atom is 0.154 e. The zero-order valence-electron chi connectivity index (χ0n) is 5.00. The molecule has 2 N–H and O–H groups in total. The highest BCUT2D eigenvalue weighted by atomic mass is 19.1. The van der Waals surface area contributed by atoms with E-state index in [1.807, 2.05) is 0 Å². The molecule has 52 valence electrons. The van der Waals surface area contributed by atoms with Gasteiger partial charge < -0.3 is 5.11 Å². The molecule has 0 heterocycles. The Hall–Kier alpha value is -1.45. The number of hydrogen-bond donors (Lipinski definition) is 2. The van der Waals surface area contributed by atoms with E-state index in [9.17, 15) is 4.39 Å². The first-order chi connectivity index (χ1) is 4.74. The number of phenols is 1. The first-order valence-electron chi connectivity index (χ1n) is 2.60. The minimum Gasteiger partial charge on any atom is -0.508 e. The Bertz CT molecular complexity index is 262. The van der Waals surface area contributed by atoms with Gasteiger partial charge in [0.25, 0.3) is 0 Å². The zero-order valence-corrected chi connectivity index (χ0v) is 5.00. The Morgan fingerprint density at radius 2 is 2.20 bits per heavy atom. The van der Waals surface area contributed by atoms with Gasteiger partial charge in [-0.25, -0.2) is 9.92 Å². The minimum absolute atomic E-state index is 0.0715. The summed E-state index contributed by atoms with van der Waals surface area (Å²) in [5.41, 5.74) is 6.39. The van der Waals surface area contributed by atoms with E-state index in [-0.39, 0.29) is 11.4 Å². The number of nitrogens with zero attached hydrogens (tertiary/aromatic N) is 1. The normalized spacial score (nSPS) is 9.30. The predicted octanol–water partition coefficient (Wildman–Crippen LogP) is 2.19. The van der Waals surface area contributed by atoms with E-state index in [0.29, 0.717) is 0 Å². The first kappa shape index (κ1) is 6.67. The van der Waals surface area contributed by atoms with Crippen LogP contribution in [0.3, 0.4) is 0 Å². The van der Waals surface area contributed by atoms with Crippen LogP contribution >= 0.6 is 0 Å². The van der Waals surface area contributed by atoms with Crippen LogP contribution in [0.1, 0.15) is 0 Å². The number of aromatic hydroxyl groups is 1. The van der Waals surface area contributed by atoms with Crippen LogP contribution < -0.4 is 0 Å². The molecule has 0 radical (unpaired) electrons. The van der Waals surface area contributed by atoms with Crippen LogP contribution in [-0.4, -0.2) is 5.11 Å². The van der Waals surface area contributed by atoms with Gasteiger partial charge in [0.2, 0.25) is 0 Å². The molecule has 0 spiro atoms. The second-order valence-electron chi connectivity index (χ2n) is 1.75. The van der Waals surface area contributed by atoms with Crippen molar-refractivity contribution in [2.24, 2.45) is 5.11 Å². The van der Waals surface area contributed by atoms with E-state index >= 15 is 0 Å². The van der Waals surface area contributed by atoms with Gasteiger partial charge >= 0.3 is 0 Å². The predicted molar refractivity (Wildman–Crippen MR) is 32.9 cm³/mol. The van der Waals surface area contributed by atoms with Crippen molar-refractivity contribution in [3.63, 3.8) is 0 Å². The summed E-state index contributed by atoms with van der Waals surface area (Å²) in [5, 5.41) is 11.6. The second kappa shape index (κ2) is 2.43. The third kappa shape index (κ3) is 1.10. The van der Waals surface area contributed by atoms with Crippen molar-refractivity contribution in [1.29, 1.82) is 5.53 Å². The van der Waals surface area contributed by atoms with Gasteiger partial charge in [-0.2, -0.15) is 5.11 Å². The van der Waals surface area contributed by atoms with Crippen molar-refractivity contribution >= 4 is 5.69 Å². The Morgan fingerprint density at radius 1 is 1.50 bits per heavy atom. The maximum absolute atomic E-state index is 12.5. The standard InChI is InChI=1S/C6H5FN2O/c7-5-3-4(10)1-2-6(5)9-8/h1-3,8,10H. The summed E-state index contributed by atoms with van der Waals surface area (Å²) in [6.45, 7) is 0. The molecule has 0 bridgehead atoms. The monoisotopic (exact) mass is 140 g/mol. The molecule has 0 aliphatic heterocycles. The molecule has 0 aliphatic carbocycles. The van der Waals surface area contributed by atoms with E-state index in [1.54, 1.807) is 0 Å². The lowest BCUT2D eigenvalue weighted by Crippen LogP contribution is -1.72. The van der Waals surface area contributed by atoms with Crippen LogP contribution in [0.2, 0.25) is 0 Å². The summed E-state index contributed by atoms with van der Waals surface area (Å²) in [7, 11) is 0. The van der Waals surface area contributed by atoms with E-state index in [2.05, 4.69) is 5.11 Å². The van der Waals surface area contributed by atoms with Gasteiger partial charge in [-0.3, -0.25) is 0 Å². The van der Waals surface area contributed by atoms with Crippen molar-refractivity contribution in [3.05, 3.63) is 24.0 Å². The lowest BCUT2D eigenvalue weighted by atomic mass is 10.3. The fourth-order valence-corrected chi connectivity index (χ4v) is 0.586. The number of rotatable bonds is 1. The number of phenolic OH excluding ortho intramolecular Hbond substituents is 1. The van der Waals surface area contributed by atoms with E-state index in [0.717, 1.165) is 6.07 Å². The van der Waals surface area contributed by atoms with Crippen LogP contribution in [0.4, 0.5) is 10.1 Å². The molecule has 0 fully saturated rings. The molecule has 0 saturated heterocycles. The molecule has 0 unspecified atom stereocenters. The van der Waals surface area contributed by atoms with Crippen molar-refractivity contribution in [2.75, 3.05) is 0 Å². The van der Waals surface area contributed by atoms with Gasteiger partial charge in [0, 0.05) is 6.07 Å². The quantitative estimate of drug-likeness (QED) is 0.577. The average molecular weight is 140 g/mol. The lowest BCUT2D eigenvalue weighted by Gasteiger charge is -1.93. The average Bonchev–Trinajstić information content (AvgIpc) is 1.88. The molecule has 10 heavy (non-hydrogen) atoms. The Balaban J connectivity index is 3.19. The molecular weight excluding hydrogens is 135 g/mol. The van der Waals surface area contributed by atoms with Crippen molar-refractivity contribution in [3.8, 4) is 5.75 Å². The summed E-state index contributed by atoms with van der Waals surface area (Å²) in [6, 6.07) is 3.42. The van der Waals surface area contributed by atoms with Gasteiger partial charge in [-0.1, -0.05) is 0 Å².